The summed E-state index contributed by atoms with van der Waals surface area (Å²) in [5, 5.41) is 0. The van der Waals surface area contributed by atoms with E-state index in [1.165, 1.54) is 18.2 Å². The van der Waals surface area contributed by atoms with Crippen molar-refractivity contribution in [1.29, 1.82) is 0 Å². The highest BCUT2D eigenvalue weighted by molar-refractivity contribution is 7.89. The topological polar surface area (TPSA) is 78.1 Å². The molecule has 0 amide bonds. The Hall–Kier alpha value is -1.77. The van der Waals surface area contributed by atoms with Crippen LogP contribution in [-0.4, -0.2) is 42.9 Å². The molecule has 1 unspecified atom stereocenters. The van der Waals surface area contributed by atoms with Crippen LogP contribution >= 0.6 is 0 Å². The normalized spacial score (nSPS) is 19.3. The van der Waals surface area contributed by atoms with Crippen molar-refractivity contribution in [3.8, 4) is 0 Å². The van der Waals surface area contributed by atoms with Gasteiger partial charge in [0.1, 0.15) is 5.82 Å². The number of hydrogen-bond donors (Lipinski definition) is 2. The van der Waals surface area contributed by atoms with Gasteiger partial charge in [-0.1, -0.05) is 6.07 Å². The van der Waals surface area contributed by atoms with Crippen LogP contribution in [0, 0.1) is 11.7 Å². The average molecular weight is 338 g/mol. The van der Waals surface area contributed by atoms with Crippen LogP contribution in [0.1, 0.15) is 12.1 Å². The largest absolute Gasteiger partial charge is 0.347 e. The zero-order valence-electron chi connectivity index (χ0n) is 12.6. The van der Waals surface area contributed by atoms with E-state index in [0.717, 1.165) is 37.8 Å². The molecule has 8 heteroatoms. The van der Waals surface area contributed by atoms with Crippen LogP contribution in [0.3, 0.4) is 0 Å². The van der Waals surface area contributed by atoms with E-state index in [1.807, 2.05) is 0 Å². The molecule has 2 aromatic rings. The molecule has 6 nitrogen and oxygen atoms in total. The third-order valence-corrected chi connectivity index (χ3v) is 5.41. The summed E-state index contributed by atoms with van der Waals surface area (Å²) in [6.07, 6.45) is 4.37. The number of H-pyrrole nitrogens is 1. The third kappa shape index (κ3) is 4.15. The summed E-state index contributed by atoms with van der Waals surface area (Å²) in [5.74, 6) is -0.305. The molecule has 0 saturated carbocycles. The van der Waals surface area contributed by atoms with Crippen molar-refractivity contribution in [2.75, 3.05) is 19.6 Å². The summed E-state index contributed by atoms with van der Waals surface area (Å²) in [4.78, 5) is 9.27. The van der Waals surface area contributed by atoms with Crippen LogP contribution in [0.2, 0.25) is 0 Å². The molecule has 3 rings (SSSR count). The molecule has 1 aromatic heterocycles. The van der Waals surface area contributed by atoms with Crippen LogP contribution in [0.4, 0.5) is 4.39 Å². The van der Waals surface area contributed by atoms with Gasteiger partial charge in [0, 0.05) is 31.5 Å². The fraction of sp³-hybridized carbons (Fsp3) is 0.400. The lowest BCUT2D eigenvalue weighted by Crippen LogP contribution is -2.31. The molecule has 0 bridgehead atoms. The number of nitrogens with zero attached hydrogens (tertiary/aromatic N) is 2. The van der Waals surface area contributed by atoms with Crippen molar-refractivity contribution < 1.29 is 12.8 Å². The number of imidazole rings is 1. The average Bonchev–Trinajstić information content (AvgIpc) is 3.18. The van der Waals surface area contributed by atoms with E-state index >= 15 is 0 Å². The SMILES string of the molecule is O=S(=O)(NCC1CCN(Cc2cnc[nH]2)C1)c1cccc(F)c1. The summed E-state index contributed by atoms with van der Waals surface area (Å²) < 4.78 is 40.1. The van der Waals surface area contributed by atoms with Gasteiger partial charge < -0.3 is 4.98 Å². The van der Waals surface area contributed by atoms with Gasteiger partial charge in [-0.15, -0.1) is 0 Å². The molecule has 23 heavy (non-hydrogen) atoms. The first-order chi connectivity index (χ1) is 11.0. The van der Waals surface area contributed by atoms with E-state index in [1.54, 1.807) is 12.5 Å². The second-order valence-corrected chi connectivity index (χ2v) is 7.54. The Morgan fingerprint density at radius 3 is 3.04 bits per heavy atom. The van der Waals surface area contributed by atoms with Crippen molar-refractivity contribution in [2.45, 2.75) is 17.9 Å². The Bertz CT molecular complexity index is 749. The molecule has 2 N–H and O–H groups in total. The number of halogens is 1. The lowest BCUT2D eigenvalue weighted by Gasteiger charge is -2.15. The Balaban J connectivity index is 1.52. The summed E-state index contributed by atoms with van der Waals surface area (Å²) >= 11 is 0. The predicted octanol–water partition coefficient (Wildman–Crippen LogP) is 1.35. The Kier molecular flexibility index (Phi) is 4.74. The molecular weight excluding hydrogens is 319 g/mol. The maximum Gasteiger partial charge on any atom is 0.240 e. The molecule has 0 aliphatic carbocycles. The number of hydrogen-bond acceptors (Lipinski definition) is 4. The van der Waals surface area contributed by atoms with Crippen molar-refractivity contribution in [2.24, 2.45) is 5.92 Å². The van der Waals surface area contributed by atoms with Crippen molar-refractivity contribution in [3.63, 3.8) is 0 Å². The van der Waals surface area contributed by atoms with Gasteiger partial charge in [0.15, 0.2) is 0 Å². The molecule has 1 aromatic carbocycles. The zero-order valence-corrected chi connectivity index (χ0v) is 13.4. The minimum absolute atomic E-state index is 0.0372. The number of sulfonamides is 1. The summed E-state index contributed by atoms with van der Waals surface area (Å²) in [5.41, 5.74) is 1.05. The predicted molar refractivity (Wildman–Crippen MR) is 83.6 cm³/mol. The molecule has 2 heterocycles. The lowest BCUT2D eigenvalue weighted by molar-refractivity contribution is 0.313. The highest BCUT2D eigenvalue weighted by atomic mass is 32.2. The molecule has 1 fully saturated rings. The van der Waals surface area contributed by atoms with Gasteiger partial charge in [-0.3, -0.25) is 4.90 Å². The maximum atomic E-state index is 13.2. The Morgan fingerprint density at radius 1 is 1.43 bits per heavy atom. The van der Waals surface area contributed by atoms with Crippen LogP contribution in [0.15, 0.2) is 41.7 Å². The first kappa shape index (κ1) is 16.1. The van der Waals surface area contributed by atoms with Crippen LogP contribution in [-0.2, 0) is 16.6 Å². The fourth-order valence-corrected chi connectivity index (χ4v) is 3.93. The molecule has 0 radical (unpaired) electrons. The monoisotopic (exact) mass is 338 g/mol. The summed E-state index contributed by atoms with van der Waals surface area (Å²) in [6, 6.07) is 5.04. The summed E-state index contributed by atoms with van der Waals surface area (Å²) in [7, 11) is -3.66. The summed E-state index contributed by atoms with van der Waals surface area (Å²) in [6.45, 7) is 2.89. The van der Waals surface area contributed by atoms with E-state index in [0.29, 0.717) is 6.54 Å². The second kappa shape index (κ2) is 6.77. The number of aromatic nitrogens is 2. The van der Waals surface area contributed by atoms with E-state index in [2.05, 4.69) is 19.6 Å². The number of likely N-dealkylation sites (tertiary alicyclic amines) is 1. The number of rotatable bonds is 6. The molecular formula is C15H19FN4O2S. The van der Waals surface area contributed by atoms with Crippen LogP contribution < -0.4 is 4.72 Å². The van der Waals surface area contributed by atoms with Gasteiger partial charge in [-0.25, -0.2) is 22.5 Å². The third-order valence-electron chi connectivity index (χ3n) is 3.99. The number of nitrogens with one attached hydrogen (secondary N) is 2. The van der Waals surface area contributed by atoms with Crippen molar-refractivity contribution >= 4 is 10.0 Å². The van der Waals surface area contributed by atoms with E-state index in [-0.39, 0.29) is 10.8 Å². The highest BCUT2D eigenvalue weighted by Gasteiger charge is 2.24. The molecule has 0 spiro atoms. The van der Waals surface area contributed by atoms with Crippen molar-refractivity contribution in [3.05, 3.63) is 48.3 Å². The number of aromatic amines is 1. The van der Waals surface area contributed by atoms with Crippen LogP contribution in [0.25, 0.3) is 0 Å². The molecule has 1 saturated heterocycles. The maximum absolute atomic E-state index is 13.2. The van der Waals surface area contributed by atoms with E-state index < -0.39 is 15.8 Å². The van der Waals surface area contributed by atoms with Gasteiger partial charge in [0.25, 0.3) is 0 Å². The minimum Gasteiger partial charge on any atom is -0.347 e. The zero-order chi connectivity index (χ0) is 16.3. The Morgan fingerprint density at radius 2 is 2.30 bits per heavy atom. The van der Waals surface area contributed by atoms with E-state index in [4.69, 9.17) is 0 Å². The smallest absolute Gasteiger partial charge is 0.240 e. The van der Waals surface area contributed by atoms with Crippen molar-refractivity contribution in [1.82, 2.24) is 19.6 Å². The highest BCUT2D eigenvalue weighted by Crippen LogP contribution is 2.18. The standard InChI is InChI=1S/C15H19FN4O2S/c16-13-2-1-3-15(6-13)23(21,22)19-7-12-4-5-20(9-12)10-14-8-17-11-18-14/h1-3,6,8,11-12,19H,4-5,7,9-10H2,(H,17,18). The Labute approximate surface area is 134 Å². The molecule has 124 valence electrons. The van der Waals surface area contributed by atoms with E-state index in [9.17, 15) is 12.8 Å². The number of benzene rings is 1. The second-order valence-electron chi connectivity index (χ2n) is 5.78. The lowest BCUT2D eigenvalue weighted by atomic mass is 10.1. The molecule has 1 aliphatic rings. The first-order valence-corrected chi connectivity index (χ1v) is 8.96. The van der Waals surface area contributed by atoms with Crippen LogP contribution in [0.5, 0.6) is 0 Å². The van der Waals surface area contributed by atoms with Gasteiger partial charge in [-0.2, -0.15) is 0 Å². The van der Waals surface area contributed by atoms with Gasteiger partial charge in [0.05, 0.1) is 11.2 Å². The van der Waals surface area contributed by atoms with Gasteiger partial charge in [-0.05, 0) is 37.1 Å². The first-order valence-electron chi connectivity index (χ1n) is 7.48. The van der Waals surface area contributed by atoms with Gasteiger partial charge >= 0.3 is 0 Å². The molecule has 1 atom stereocenters. The quantitative estimate of drug-likeness (QED) is 0.833. The minimum atomic E-state index is -3.66. The fourth-order valence-electron chi connectivity index (χ4n) is 2.78. The molecule has 1 aliphatic heterocycles. The van der Waals surface area contributed by atoms with Gasteiger partial charge in [0.2, 0.25) is 10.0 Å².